The van der Waals surface area contributed by atoms with Crippen LogP contribution >= 0.6 is 0 Å². The summed E-state index contributed by atoms with van der Waals surface area (Å²) >= 11 is 0. The second-order valence-corrected chi connectivity index (χ2v) is 9.26. The molecule has 5 aromatic rings. The van der Waals surface area contributed by atoms with Gasteiger partial charge in [0, 0.05) is 25.0 Å². The predicted octanol–water partition coefficient (Wildman–Crippen LogP) is 7.23. The zero-order valence-electron chi connectivity index (χ0n) is 22.4. The third kappa shape index (κ3) is 6.09. The van der Waals surface area contributed by atoms with E-state index in [1.165, 1.54) is 18.3 Å². The Labute approximate surface area is 239 Å². The van der Waals surface area contributed by atoms with E-state index in [0.717, 1.165) is 17.7 Å². The van der Waals surface area contributed by atoms with E-state index in [1.54, 1.807) is 49.1 Å². The Morgan fingerprint density at radius 1 is 0.929 bits per heavy atom. The minimum absolute atomic E-state index is 0.228. The maximum Gasteiger partial charge on any atom is 0.413 e. The molecule has 9 nitrogen and oxygen atoms in total. The van der Waals surface area contributed by atoms with Gasteiger partial charge in [0.1, 0.15) is 11.7 Å². The molecule has 11 heteroatoms. The molecule has 0 aliphatic carbocycles. The molecule has 42 heavy (non-hydrogen) atoms. The first-order chi connectivity index (χ1) is 20.2. The van der Waals surface area contributed by atoms with E-state index < -0.39 is 41.4 Å². The van der Waals surface area contributed by atoms with Crippen molar-refractivity contribution in [3.8, 4) is 33.9 Å². The Bertz CT molecular complexity index is 1730. The monoisotopic (exact) mass is 570 g/mol. The fourth-order valence-electron chi connectivity index (χ4n) is 4.27. The molecule has 0 spiro atoms. The number of nitrogens with one attached hydrogen (secondary N) is 1. The molecule has 0 aliphatic heterocycles. The number of rotatable bonds is 8. The number of carboxylic acids is 1. The number of amides is 1. The molecule has 1 amide bonds. The average molecular weight is 571 g/mol. The Morgan fingerprint density at radius 3 is 2.26 bits per heavy atom. The summed E-state index contributed by atoms with van der Waals surface area (Å²) in [7, 11) is 1.71. The topological polar surface area (TPSA) is 116 Å². The van der Waals surface area contributed by atoms with Crippen LogP contribution in [0.4, 0.5) is 19.4 Å². The van der Waals surface area contributed by atoms with Crippen molar-refractivity contribution in [2.24, 2.45) is 7.05 Å². The molecule has 212 valence electrons. The Balaban J connectivity index is 1.33. The van der Waals surface area contributed by atoms with Gasteiger partial charge in [-0.2, -0.15) is 5.10 Å². The molecule has 3 aromatic carbocycles. The summed E-state index contributed by atoms with van der Waals surface area (Å²) in [6.45, 7) is 1.77. The molecule has 0 bridgehead atoms. The second-order valence-electron chi connectivity index (χ2n) is 9.26. The Kier molecular flexibility index (Phi) is 7.91. The lowest BCUT2D eigenvalue weighted by Crippen LogP contribution is -2.17. The average Bonchev–Trinajstić information content (AvgIpc) is 3.34. The Morgan fingerprint density at radius 2 is 1.60 bits per heavy atom. The molecular weight excluding hydrogens is 546 g/mol. The number of carbonyl (C=O) groups is 2. The van der Waals surface area contributed by atoms with Gasteiger partial charge in [-0.15, -0.1) is 0 Å². The van der Waals surface area contributed by atoms with Crippen LogP contribution in [0.5, 0.6) is 11.6 Å². The van der Waals surface area contributed by atoms with E-state index in [0.29, 0.717) is 16.7 Å². The van der Waals surface area contributed by atoms with Gasteiger partial charge in [0.15, 0.2) is 17.5 Å². The van der Waals surface area contributed by atoms with Crippen LogP contribution in [0.2, 0.25) is 0 Å². The number of aryl methyl sites for hydroxylation is 1. The maximum absolute atomic E-state index is 14.9. The van der Waals surface area contributed by atoms with Gasteiger partial charge in [0.25, 0.3) is 0 Å². The summed E-state index contributed by atoms with van der Waals surface area (Å²) in [4.78, 5) is 27.7. The van der Waals surface area contributed by atoms with Crippen molar-refractivity contribution in [1.82, 2.24) is 14.8 Å². The van der Waals surface area contributed by atoms with E-state index in [2.05, 4.69) is 15.4 Å². The van der Waals surface area contributed by atoms with Gasteiger partial charge in [-0.25, -0.2) is 23.4 Å². The first-order valence-corrected chi connectivity index (χ1v) is 12.7. The number of ether oxygens (including phenoxy) is 2. The van der Waals surface area contributed by atoms with Crippen molar-refractivity contribution in [1.29, 1.82) is 0 Å². The molecule has 1 unspecified atom stereocenters. The van der Waals surface area contributed by atoms with E-state index in [4.69, 9.17) is 9.47 Å². The highest BCUT2D eigenvalue weighted by molar-refractivity contribution is 5.90. The summed E-state index contributed by atoms with van der Waals surface area (Å²) in [6, 6.07) is 20.8. The van der Waals surface area contributed by atoms with E-state index in [-0.39, 0.29) is 16.9 Å². The summed E-state index contributed by atoms with van der Waals surface area (Å²) in [5.74, 6) is -4.32. The van der Waals surface area contributed by atoms with Crippen LogP contribution in [0.15, 0.2) is 91.3 Å². The Hall–Kier alpha value is -5.58. The lowest BCUT2D eigenvalue weighted by atomic mass is 10.0. The quantitative estimate of drug-likeness (QED) is 0.202. The van der Waals surface area contributed by atoms with Gasteiger partial charge >= 0.3 is 12.1 Å². The van der Waals surface area contributed by atoms with Crippen molar-refractivity contribution < 1.29 is 33.0 Å². The standard InChI is InChI=1S/C31H24F2N4O5/c1-18(19-7-4-3-5-8-19)41-31(40)35-28-24(17-37(2)36-28)21-12-10-20(11-13-21)22-15-25(32)27(26(33)16-22)42-29-23(30(38)39)9-6-14-34-29/h3-18H,1-2H3,(H,38,39)(H,35,36,40). The second kappa shape index (κ2) is 11.9. The van der Waals surface area contributed by atoms with Gasteiger partial charge in [0.05, 0.1) is 0 Å². The lowest BCUT2D eigenvalue weighted by Gasteiger charge is -2.14. The SMILES string of the molecule is CC(OC(=O)Nc1nn(C)cc1-c1ccc(-c2cc(F)c(Oc3ncccc3C(=O)O)c(F)c2)cc1)c1ccccc1. The van der Waals surface area contributed by atoms with E-state index in [9.17, 15) is 23.5 Å². The number of pyridine rings is 1. The zero-order chi connectivity index (χ0) is 29.8. The first kappa shape index (κ1) is 28.0. The van der Waals surface area contributed by atoms with Crippen LogP contribution in [0.25, 0.3) is 22.3 Å². The summed E-state index contributed by atoms with van der Waals surface area (Å²) in [6.07, 6.45) is 1.83. The molecule has 0 saturated carbocycles. The number of halogens is 2. The molecule has 0 saturated heterocycles. The summed E-state index contributed by atoms with van der Waals surface area (Å²) in [5.41, 5.74) is 2.54. The normalized spacial score (nSPS) is 11.5. The third-order valence-corrected chi connectivity index (χ3v) is 6.33. The molecule has 2 N–H and O–H groups in total. The highest BCUT2D eigenvalue weighted by Gasteiger charge is 2.20. The number of nitrogens with zero attached hydrogens (tertiary/aromatic N) is 3. The van der Waals surface area contributed by atoms with Crippen molar-refractivity contribution in [3.05, 3.63) is 114 Å². The van der Waals surface area contributed by atoms with Crippen molar-refractivity contribution in [2.45, 2.75) is 13.0 Å². The van der Waals surface area contributed by atoms with Gasteiger partial charge in [-0.3, -0.25) is 10.00 Å². The van der Waals surface area contributed by atoms with Crippen LogP contribution in [-0.2, 0) is 11.8 Å². The van der Waals surface area contributed by atoms with E-state index >= 15 is 0 Å². The van der Waals surface area contributed by atoms with Crippen LogP contribution in [0.1, 0.15) is 28.9 Å². The molecule has 2 aromatic heterocycles. The van der Waals surface area contributed by atoms with Crippen LogP contribution in [-0.4, -0.2) is 31.9 Å². The van der Waals surface area contributed by atoms with Gasteiger partial charge in [-0.05, 0) is 53.4 Å². The molecule has 0 aliphatic rings. The molecular formula is C31H24F2N4O5. The number of hydrogen-bond donors (Lipinski definition) is 2. The first-order valence-electron chi connectivity index (χ1n) is 12.7. The molecule has 5 rings (SSSR count). The lowest BCUT2D eigenvalue weighted by molar-refractivity contribution is 0.0693. The number of benzene rings is 3. The molecule has 1 atom stereocenters. The third-order valence-electron chi connectivity index (χ3n) is 6.33. The van der Waals surface area contributed by atoms with E-state index in [1.807, 2.05) is 30.3 Å². The van der Waals surface area contributed by atoms with Gasteiger partial charge in [-0.1, -0.05) is 54.6 Å². The fourth-order valence-corrected chi connectivity index (χ4v) is 4.27. The van der Waals surface area contributed by atoms with Crippen LogP contribution in [0, 0.1) is 11.6 Å². The number of anilines is 1. The van der Waals surface area contributed by atoms with Crippen LogP contribution < -0.4 is 10.1 Å². The smallest absolute Gasteiger partial charge is 0.413 e. The highest BCUT2D eigenvalue weighted by atomic mass is 19.1. The maximum atomic E-state index is 14.9. The largest absolute Gasteiger partial charge is 0.477 e. The number of aromatic carboxylic acids is 1. The molecule has 0 fully saturated rings. The zero-order valence-corrected chi connectivity index (χ0v) is 22.4. The fraction of sp³-hybridized carbons (Fsp3) is 0.0968. The number of carbonyl (C=O) groups excluding carboxylic acids is 1. The summed E-state index contributed by atoms with van der Waals surface area (Å²) < 4.78 is 42.1. The molecule has 2 heterocycles. The van der Waals surface area contributed by atoms with Crippen molar-refractivity contribution in [2.75, 3.05) is 5.32 Å². The minimum Gasteiger partial charge on any atom is -0.477 e. The number of aromatic nitrogens is 3. The molecule has 0 radical (unpaired) electrons. The predicted molar refractivity (Wildman–Crippen MR) is 150 cm³/mol. The van der Waals surface area contributed by atoms with Gasteiger partial charge < -0.3 is 14.6 Å². The summed E-state index contributed by atoms with van der Waals surface area (Å²) in [5, 5.41) is 16.3. The van der Waals surface area contributed by atoms with Crippen molar-refractivity contribution >= 4 is 17.9 Å². The number of hydrogen-bond acceptors (Lipinski definition) is 6. The minimum atomic E-state index is -1.35. The van der Waals surface area contributed by atoms with Crippen molar-refractivity contribution in [3.63, 3.8) is 0 Å². The number of carboxylic acid groups (broad SMARTS) is 1. The van der Waals surface area contributed by atoms with Crippen LogP contribution in [0.3, 0.4) is 0 Å². The van der Waals surface area contributed by atoms with Gasteiger partial charge in [0.2, 0.25) is 11.6 Å². The highest BCUT2D eigenvalue weighted by Crippen LogP contribution is 2.34.